The number of ether oxygens (including phenoxy) is 1. The second kappa shape index (κ2) is 11.8. The normalized spacial score (nSPS) is 21.5. The second-order valence-corrected chi connectivity index (χ2v) is 12.9. The minimum atomic E-state index is -3.95. The number of aromatic nitrogens is 1. The number of fused-ring (bicyclic) bond motifs is 1. The Kier molecular flexibility index (Phi) is 8.44. The number of carbonyl (C=O) groups is 1. The summed E-state index contributed by atoms with van der Waals surface area (Å²) in [5.41, 5.74) is 1.91. The minimum Gasteiger partial charge on any atom is -0.492 e. The monoisotopic (exact) mass is 584 g/mol. The van der Waals surface area contributed by atoms with Gasteiger partial charge in [0.1, 0.15) is 10.6 Å². The highest BCUT2D eigenvalue weighted by Crippen LogP contribution is 2.37. The Morgan fingerprint density at radius 3 is 2.45 bits per heavy atom. The van der Waals surface area contributed by atoms with Gasteiger partial charge >= 0.3 is 0 Å². The molecular formula is C29H33ClN4O5S. The van der Waals surface area contributed by atoms with Gasteiger partial charge < -0.3 is 19.6 Å². The third-order valence-corrected chi connectivity index (χ3v) is 9.33. The van der Waals surface area contributed by atoms with Gasteiger partial charge in [0.05, 0.1) is 12.7 Å². The van der Waals surface area contributed by atoms with Crippen molar-refractivity contribution in [1.29, 1.82) is 0 Å². The van der Waals surface area contributed by atoms with Crippen LogP contribution in [0.3, 0.4) is 0 Å². The van der Waals surface area contributed by atoms with E-state index in [1.807, 2.05) is 29.0 Å². The van der Waals surface area contributed by atoms with Crippen LogP contribution in [0.25, 0.3) is 11.1 Å². The predicted molar refractivity (Wildman–Crippen MR) is 153 cm³/mol. The molecule has 3 aromatic rings. The van der Waals surface area contributed by atoms with Crippen LogP contribution in [0.1, 0.15) is 23.2 Å². The first-order chi connectivity index (χ1) is 19.1. The molecule has 1 spiro atoms. The van der Waals surface area contributed by atoms with Crippen LogP contribution in [0.5, 0.6) is 5.75 Å². The number of piperidine rings is 1. The van der Waals surface area contributed by atoms with Crippen molar-refractivity contribution in [1.82, 2.24) is 19.5 Å². The van der Waals surface area contributed by atoms with Crippen molar-refractivity contribution in [3.63, 3.8) is 0 Å². The Labute approximate surface area is 239 Å². The van der Waals surface area contributed by atoms with Gasteiger partial charge in [-0.3, -0.25) is 9.78 Å². The largest absolute Gasteiger partial charge is 0.492 e. The number of hydrogen-bond acceptors (Lipinski definition) is 7. The summed E-state index contributed by atoms with van der Waals surface area (Å²) >= 11 is 6.06. The molecule has 1 fully saturated rings. The van der Waals surface area contributed by atoms with Crippen LogP contribution in [0.4, 0.5) is 0 Å². The lowest BCUT2D eigenvalue weighted by molar-refractivity contribution is 0.0159. The lowest BCUT2D eigenvalue weighted by Gasteiger charge is -2.44. The fourth-order valence-electron chi connectivity index (χ4n) is 5.45. The standard InChI is InChI=1S/C29H33ClN4O5S/c1-33-18-25(35)17-32-40(37,38)27-7-4-23(21-2-5-24(30)6-3-21)16-26(27)39-20-29(19-33)10-14-34(15-11-29)28(36)22-8-12-31-13-9-22/h2-9,12-13,16,25,32,35H,10-11,14-15,17-20H2,1H3. The number of rotatable bonds is 2. The zero-order valence-corrected chi connectivity index (χ0v) is 23.9. The average molecular weight is 585 g/mol. The van der Waals surface area contributed by atoms with Crippen LogP contribution in [0.15, 0.2) is 71.9 Å². The van der Waals surface area contributed by atoms with Gasteiger partial charge in [-0.15, -0.1) is 0 Å². The Bertz CT molecular complexity index is 1450. The Morgan fingerprint density at radius 2 is 1.75 bits per heavy atom. The smallest absolute Gasteiger partial charge is 0.253 e. The number of halogens is 1. The van der Waals surface area contributed by atoms with Crippen molar-refractivity contribution >= 4 is 27.5 Å². The first-order valence-corrected chi connectivity index (χ1v) is 15.1. The van der Waals surface area contributed by atoms with E-state index in [0.29, 0.717) is 49.6 Å². The molecule has 2 aliphatic heterocycles. The van der Waals surface area contributed by atoms with Crippen molar-refractivity contribution in [3.8, 4) is 16.9 Å². The zero-order chi connectivity index (χ0) is 28.3. The average Bonchev–Trinajstić information content (AvgIpc) is 2.95. The maximum absolute atomic E-state index is 13.3. The second-order valence-electron chi connectivity index (χ2n) is 10.7. The molecule has 1 aromatic heterocycles. The van der Waals surface area contributed by atoms with Crippen molar-refractivity contribution < 1.29 is 23.1 Å². The number of benzene rings is 2. The fraction of sp³-hybridized carbons (Fsp3) is 0.379. The van der Waals surface area contributed by atoms with Gasteiger partial charge in [-0.25, -0.2) is 13.1 Å². The Morgan fingerprint density at radius 1 is 1.07 bits per heavy atom. The number of nitrogens with zero attached hydrogens (tertiary/aromatic N) is 3. The van der Waals surface area contributed by atoms with E-state index in [0.717, 1.165) is 11.1 Å². The lowest BCUT2D eigenvalue weighted by atomic mass is 9.78. The zero-order valence-electron chi connectivity index (χ0n) is 22.3. The highest BCUT2D eigenvalue weighted by Gasteiger charge is 2.39. The van der Waals surface area contributed by atoms with E-state index in [4.69, 9.17) is 16.3 Å². The van der Waals surface area contributed by atoms with E-state index < -0.39 is 16.1 Å². The number of likely N-dealkylation sites (N-methyl/N-ethyl adjacent to an activating group) is 1. The number of amides is 1. The molecule has 2 aromatic carbocycles. The number of hydrogen-bond donors (Lipinski definition) is 2. The molecule has 1 amide bonds. The number of aliphatic hydroxyl groups is 1. The molecule has 9 nitrogen and oxygen atoms in total. The molecule has 0 bridgehead atoms. The van der Waals surface area contributed by atoms with E-state index in [1.165, 1.54) is 6.07 Å². The molecule has 40 heavy (non-hydrogen) atoms. The Balaban J connectivity index is 1.44. The van der Waals surface area contributed by atoms with Gasteiger partial charge in [-0.05, 0) is 67.4 Å². The van der Waals surface area contributed by atoms with E-state index in [9.17, 15) is 18.3 Å². The summed E-state index contributed by atoms with van der Waals surface area (Å²) in [5, 5.41) is 11.2. The van der Waals surface area contributed by atoms with E-state index in [2.05, 4.69) is 9.71 Å². The summed E-state index contributed by atoms with van der Waals surface area (Å²) < 4.78 is 35.4. The van der Waals surface area contributed by atoms with Crippen molar-refractivity contribution in [2.45, 2.75) is 23.8 Å². The number of carbonyl (C=O) groups excluding carboxylic acids is 1. The first-order valence-electron chi connectivity index (χ1n) is 13.2. The molecule has 5 rings (SSSR count). The molecule has 0 radical (unpaired) electrons. The maximum Gasteiger partial charge on any atom is 0.253 e. The number of nitrogens with one attached hydrogen (secondary N) is 1. The molecule has 212 valence electrons. The van der Waals surface area contributed by atoms with Crippen LogP contribution in [-0.4, -0.2) is 86.7 Å². The molecule has 11 heteroatoms. The van der Waals surface area contributed by atoms with Crippen LogP contribution in [0.2, 0.25) is 5.02 Å². The van der Waals surface area contributed by atoms with Crippen molar-refractivity contribution in [2.24, 2.45) is 5.41 Å². The number of β-amino-alcohol motifs (C(OH)–C–C–N with tert-alkyl or cyclic N) is 1. The molecule has 1 unspecified atom stereocenters. The van der Waals surface area contributed by atoms with Gasteiger partial charge in [0, 0.05) is 61.1 Å². The van der Waals surface area contributed by atoms with Gasteiger partial charge in [0.25, 0.3) is 5.91 Å². The minimum absolute atomic E-state index is 0.0202. The summed E-state index contributed by atoms with van der Waals surface area (Å²) in [6.45, 7) is 2.15. The molecule has 0 aliphatic carbocycles. The molecule has 1 atom stereocenters. The fourth-order valence-corrected chi connectivity index (χ4v) is 6.77. The van der Waals surface area contributed by atoms with Gasteiger partial charge in [-0.2, -0.15) is 0 Å². The summed E-state index contributed by atoms with van der Waals surface area (Å²) in [5.74, 6) is 0.206. The van der Waals surface area contributed by atoms with Crippen LogP contribution >= 0.6 is 11.6 Å². The number of pyridine rings is 1. The first kappa shape index (κ1) is 28.5. The summed E-state index contributed by atoms with van der Waals surface area (Å²) in [4.78, 5) is 20.9. The van der Waals surface area contributed by atoms with Gasteiger partial charge in [0.15, 0.2) is 0 Å². The van der Waals surface area contributed by atoms with Gasteiger partial charge in [0.2, 0.25) is 10.0 Å². The van der Waals surface area contributed by atoms with Crippen LogP contribution in [-0.2, 0) is 10.0 Å². The predicted octanol–water partition coefficient (Wildman–Crippen LogP) is 3.29. The molecule has 1 saturated heterocycles. The number of sulfonamides is 1. The number of aliphatic hydroxyl groups excluding tert-OH is 1. The van der Waals surface area contributed by atoms with E-state index in [1.54, 1.807) is 48.8 Å². The summed E-state index contributed by atoms with van der Waals surface area (Å²) in [6, 6.07) is 15.7. The molecule has 3 heterocycles. The molecular weight excluding hydrogens is 552 g/mol. The van der Waals surface area contributed by atoms with Gasteiger partial charge in [-0.1, -0.05) is 29.8 Å². The van der Waals surface area contributed by atoms with Crippen molar-refractivity contribution in [2.75, 3.05) is 46.4 Å². The Hall–Kier alpha value is -3.02. The lowest BCUT2D eigenvalue weighted by Crippen LogP contribution is -2.51. The maximum atomic E-state index is 13.3. The highest BCUT2D eigenvalue weighted by atomic mass is 35.5. The quantitative estimate of drug-likeness (QED) is 0.475. The van der Waals surface area contributed by atoms with Crippen LogP contribution < -0.4 is 9.46 Å². The van der Waals surface area contributed by atoms with Crippen molar-refractivity contribution in [3.05, 3.63) is 77.6 Å². The highest BCUT2D eigenvalue weighted by molar-refractivity contribution is 7.89. The topological polar surface area (TPSA) is 112 Å². The summed E-state index contributed by atoms with van der Waals surface area (Å²) in [6.07, 6.45) is 3.67. The third kappa shape index (κ3) is 6.47. The SMILES string of the molecule is CN1CC(O)CNS(=O)(=O)c2ccc(-c3ccc(Cl)cc3)cc2OCC2(CCN(C(=O)c3ccncc3)CC2)C1. The number of likely N-dealkylation sites (tertiary alicyclic amines) is 1. The van der Waals surface area contributed by atoms with E-state index in [-0.39, 0.29) is 35.1 Å². The molecule has 2 aliphatic rings. The van der Waals surface area contributed by atoms with Crippen LogP contribution in [0, 0.1) is 5.41 Å². The van der Waals surface area contributed by atoms with E-state index >= 15 is 0 Å². The molecule has 0 saturated carbocycles. The summed E-state index contributed by atoms with van der Waals surface area (Å²) in [7, 11) is -2.04. The molecule has 2 N–H and O–H groups in total. The third-order valence-electron chi connectivity index (χ3n) is 7.62.